The van der Waals surface area contributed by atoms with Gasteiger partial charge in [0.05, 0.1) is 5.02 Å². The summed E-state index contributed by atoms with van der Waals surface area (Å²) < 4.78 is 5.58. The third kappa shape index (κ3) is 6.26. The molecule has 0 radical (unpaired) electrons. The molecule has 150 valence electrons. The molecule has 0 fully saturated rings. The van der Waals surface area contributed by atoms with Crippen LogP contribution in [0.3, 0.4) is 0 Å². The van der Waals surface area contributed by atoms with Gasteiger partial charge < -0.3 is 15.4 Å². The Labute approximate surface area is 176 Å². The maximum Gasteiger partial charge on any atom is 0.262 e. The van der Waals surface area contributed by atoms with Crippen LogP contribution in [0.5, 0.6) is 5.75 Å². The minimum Gasteiger partial charge on any atom is -0.482 e. The predicted molar refractivity (Wildman–Crippen MR) is 120 cm³/mol. The van der Waals surface area contributed by atoms with E-state index in [2.05, 4.69) is 41.8 Å². The minimum absolute atomic E-state index is 0.102. The molecule has 29 heavy (non-hydrogen) atoms. The van der Waals surface area contributed by atoms with E-state index in [1.54, 1.807) is 6.07 Å². The van der Waals surface area contributed by atoms with Crippen molar-refractivity contribution < 1.29 is 9.53 Å². The molecule has 3 rings (SSSR count). The molecule has 0 bridgehead atoms. The van der Waals surface area contributed by atoms with Crippen LogP contribution in [0.25, 0.3) is 0 Å². The Morgan fingerprint density at radius 3 is 2.41 bits per heavy atom. The largest absolute Gasteiger partial charge is 0.482 e. The Bertz CT molecular complexity index is 971. The van der Waals surface area contributed by atoms with Crippen molar-refractivity contribution in [2.75, 3.05) is 17.2 Å². The van der Waals surface area contributed by atoms with E-state index in [4.69, 9.17) is 16.3 Å². The molecule has 0 spiro atoms. The molecule has 0 saturated heterocycles. The van der Waals surface area contributed by atoms with Gasteiger partial charge in [0.15, 0.2) is 6.61 Å². The van der Waals surface area contributed by atoms with E-state index >= 15 is 0 Å². The van der Waals surface area contributed by atoms with Gasteiger partial charge in [0.1, 0.15) is 5.75 Å². The first kappa shape index (κ1) is 20.7. The zero-order valence-corrected chi connectivity index (χ0v) is 17.4. The van der Waals surface area contributed by atoms with Crippen LogP contribution in [-0.2, 0) is 17.8 Å². The van der Waals surface area contributed by atoms with Crippen LogP contribution in [0.1, 0.15) is 23.6 Å². The number of aryl methyl sites for hydroxylation is 2. The number of hydrogen-bond donors (Lipinski definition) is 2. The zero-order valence-electron chi connectivity index (χ0n) is 16.7. The summed E-state index contributed by atoms with van der Waals surface area (Å²) in [5.41, 5.74) is 5.24. The number of amides is 1. The second-order valence-electron chi connectivity index (χ2n) is 6.88. The molecule has 0 aromatic heterocycles. The molecule has 1 amide bonds. The molecule has 0 heterocycles. The normalized spacial score (nSPS) is 10.4. The highest BCUT2D eigenvalue weighted by atomic mass is 35.5. The third-order valence-corrected chi connectivity index (χ3v) is 4.81. The standard InChI is InChI=1S/C24H25ClN2O2/c1-3-18-7-10-20(11-8-18)26-15-19-9-12-23(22(25)14-19)29-16-24(28)27-21-6-4-5-17(2)13-21/h4-14,26H,3,15-16H2,1-2H3,(H,27,28). The minimum atomic E-state index is -0.229. The second kappa shape index (κ2) is 9.99. The van der Waals surface area contributed by atoms with E-state index in [1.165, 1.54) is 5.56 Å². The lowest BCUT2D eigenvalue weighted by Crippen LogP contribution is -2.20. The lowest BCUT2D eigenvalue weighted by molar-refractivity contribution is -0.118. The van der Waals surface area contributed by atoms with E-state index in [0.717, 1.165) is 28.9 Å². The summed E-state index contributed by atoms with van der Waals surface area (Å²) in [4.78, 5) is 12.1. The fourth-order valence-corrected chi connectivity index (χ4v) is 3.15. The SMILES string of the molecule is CCc1ccc(NCc2ccc(OCC(=O)Nc3cccc(C)c3)c(Cl)c2)cc1. The Morgan fingerprint density at radius 2 is 1.72 bits per heavy atom. The van der Waals surface area contributed by atoms with Crippen LogP contribution in [0.2, 0.25) is 5.02 Å². The number of hydrogen-bond acceptors (Lipinski definition) is 3. The van der Waals surface area contributed by atoms with Crippen LogP contribution in [0.4, 0.5) is 11.4 Å². The maximum absolute atomic E-state index is 12.1. The van der Waals surface area contributed by atoms with Gasteiger partial charge in [-0.3, -0.25) is 4.79 Å². The van der Waals surface area contributed by atoms with Gasteiger partial charge in [0, 0.05) is 17.9 Å². The topological polar surface area (TPSA) is 50.4 Å². The highest BCUT2D eigenvalue weighted by Gasteiger charge is 2.08. The summed E-state index contributed by atoms with van der Waals surface area (Å²) in [6.45, 7) is 4.66. The second-order valence-corrected chi connectivity index (χ2v) is 7.28. The van der Waals surface area contributed by atoms with E-state index in [1.807, 2.05) is 43.3 Å². The van der Waals surface area contributed by atoms with Gasteiger partial charge in [0.2, 0.25) is 0 Å². The van der Waals surface area contributed by atoms with Gasteiger partial charge in [-0.15, -0.1) is 0 Å². The van der Waals surface area contributed by atoms with Crippen LogP contribution in [0.15, 0.2) is 66.7 Å². The van der Waals surface area contributed by atoms with Gasteiger partial charge in [0.25, 0.3) is 5.91 Å². The third-order valence-electron chi connectivity index (χ3n) is 4.52. The van der Waals surface area contributed by atoms with Crippen LogP contribution >= 0.6 is 11.6 Å². The number of halogens is 1. The van der Waals surface area contributed by atoms with Crippen molar-refractivity contribution in [3.8, 4) is 5.75 Å². The first-order valence-corrected chi connectivity index (χ1v) is 10.0. The van der Waals surface area contributed by atoms with Crippen molar-refractivity contribution in [1.29, 1.82) is 0 Å². The molecule has 3 aromatic rings. The Morgan fingerprint density at radius 1 is 0.966 bits per heavy atom. The number of nitrogens with one attached hydrogen (secondary N) is 2. The molecule has 2 N–H and O–H groups in total. The molecule has 0 aliphatic heterocycles. The molecular weight excluding hydrogens is 384 g/mol. The number of benzene rings is 3. The molecule has 0 aliphatic rings. The van der Waals surface area contributed by atoms with E-state index in [0.29, 0.717) is 17.3 Å². The van der Waals surface area contributed by atoms with Crippen LogP contribution in [-0.4, -0.2) is 12.5 Å². The molecule has 5 heteroatoms. The van der Waals surface area contributed by atoms with Gasteiger partial charge in [-0.2, -0.15) is 0 Å². The van der Waals surface area contributed by atoms with Crippen LogP contribution in [0, 0.1) is 6.92 Å². The molecule has 0 unspecified atom stereocenters. The number of ether oxygens (including phenoxy) is 1. The monoisotopic (exact) mass is 408 g/mol. The maximum atomic E-state index is 12.1. The molecular formula is C24H25ClN2O2. The van der Waals surface area contributed by atoms with E-state index in [-0.39, 0.29) is 12.5 Å². The van der Waals surface area contributed by atoms with Crippen molar-refractivity contribution in [2.24, 2.45) is 0 Å². The smallest absolute Gasteiger partial charge is 0.262 e. The highest BCUT2D eigenvalue weighted by molar-refractivity contribution is 6.32. The quantitative estimate of drug-likeness (QED) is 0.492. The van der Waals surface area contributed by atoms with Crippen molar-refractivity contribution >= 4 is 28.9 Å². The van der Waals surface area contributed by atoms with Crippen molar-refractivity contribution in [3.63, 3.8) is 0 Å². The number of rotatable bonds is 8. The number of carbonyl (C=O) groups excluding carboxylic acids is 1. The average molecular weight is 409 g/mol. The Kier molecular flexibility index (Phi) is 7.14. The molecule has 4 nitrogen and oxygen atoms in total. The van der Waals surface area contributed by atoms with Crippen LogP contribution < -0.4 is 15.4 Å². The molecule has 0 saturated carbocycles. The number of anilines is 2. The van der Waals surface area contributed by atoms with Crippen molar-refractivity contribution in [3.05, 3.63) is 88.4 Å². The van der Waals surface area contributed by atoms with E-state index < -0.39 is 0 Å². The first-order valence-electron chi connectivity index (χ1n) is 9.64. The van der Waals surface area contributed by atoms with E-state index in [9.17, 15) is 4.79 Å². The van der Waals surface area contributed by atoms with Gasteiger partial charge >= 0.3 is 0 Å². The molecule has 0 aliphatic carbocycles. The Balaban J connectivity index is 1.51. The number of carbonyl (C=O) groups is 1. The predicted octanol–water partition coefficient (Wildman–Crippen LogP) is 5.84. The fraction of sp³-hybridized carbons (Fsp3) is 0.208. The van der Waals surface area contributed by atoms with Gasteiger partial charge in [-0.25, -0.2) is 0 Å². The lowest BCUT2D eigenvalue weighted by Gasteiger charge is -2.11. The fourth-order valence-electron chi connectivity index (χ4n) is 2.90. The molecule has 0 atom stereocenters. The summed E-state index contributed by atoms with van der Waals surface area (Å²) >= 11 is 6.33. The van der Waals surface area contributed by atoms with Crippen molar-refractivity contribution in [2.45, 2.75) is 26.8 Å². The van der Waals surface area contributed by atoms with Gasteiger partial charge in [-0.05, 0) is 66.4 Å². The highest BCUT2D eigenvalue weighted by Crippen LogP contribution is 2.26. The zero-order chi connectivity index (χ0) is 20.6. The summed E-state index contributed by atoms with van der Waals surface area (Å²) in [5.74, 6) is 0.259. The Hall–Kier alpha value is -2.98. The summed E-state index contributed by atoms with van der Waals surface area (Å²) in [6.07, 6.45) is 1.03. The average Bonchev–Trinajstić information content (AvgIpc) is 2.72. The summed E-state index contributed by atoms with van der Waals surface area (Å²) in [7, 11) is 0. The summed E-state index contributed by atoms with van der Waals surface area (Å²) in [5, 5.41) is 6.67. The summed E-state index contributed by atoms with van der Waals surface area (Å²) in [6, 6.07) is 21.6. The first-order chi connectivity index (χ1) is 14.0. The lowest BCUT2D eigenvalue weighted by atomic mass is 10.1. The van der Waals surface area contributed by atoms with Crippen molar-refractivity contribution in [1.82, 2.24) is 0 Å². The van der Waals surface area contributed by atoms with Gasteiger partial charge in [-0.1, -0.05) is 48.9 Å². The molecule has 3 aromatic carbocycles.